The molecule has 6 heteroatoms. The first-order chi connectivity index (χ1) is 12.6. The van der Waals surface area contributed by atoms with E-state index in [4.69, 9.17) is 25.4 Å². The largest absolute Gasteiger partial charge is 0.493 e. The number of benzene rings is 3. The first-order valence-electron chi connectivity index (χ1n) is 7.91. The molecule has 0 aliphatic heterocycles. The van der Waals surface area contributed by atoms with E-state index in [1.54, 1.807) is 36.4 Å². The van der Waals surface area contributed by atoms with Gasteiger partial charge in [0.15, 0.2) is 18.1 Å². The minimum atomic E-state index is -0.518. The zero-order chi connectivity index (χ0) is 18.5. The average molecular weight is 350 g/mol. The smallest absolute Gasteiger partial charge is 0.349 e. The third-order valence-corrected chi connectivity index (χ3v) is 3.77. The van der Waals surface area contributed by atoms with Crippen LogP contribution in [0.1, 0.15) is 5.56 Å². The van der Waals surface area contributed by atoms with Crippen LogP contribution in [0.2, 0.25) is 0 Å². The van der Waals surface area contributed by atoms with Crippen LogP contribution in [0.3, 0.4) is 0 Å². The van der Waals surface area contributed by atoms with E-state index < -0.39 is 5.97 Å². The van der Waals surface area contributed by atoms with Crippen molar-refractivity contribution in [3.8, 4) is 17.2 Å². The summed E-state index contributed by atoms with van der Waals surface area (Å²) in [6.45, 7) is -0.234. The quantitative estimate of drug-likeness (QED) is 0.308. The first-order valence-corrected chi connectivity index (χ1v) is 7.91. The fourth-order valence-corrected chi connectivity index (χ4v) is 2.49. The summed E-state index contributed by atoms with van der Waals surface area (Å²) in [7, 11) is 1.53. The van der Waals surface area contributed by atoms with Crippen molar-refractivity contribution in [1.82, 2.24) is 0 Å². The molecule has 0 saturated heterocycles. The van der Waals surface area contributed by atoms with Gasteiger partial charge in [-0.2, -0.15) is 0 Å². The molecule has 0 saturated carbocycles. The molecule has 0 atom stereocenters. The minimum Gasteiger partial charge on any atom is -0.493 e. The van der Waals surface area contributed by atoms with Crippen molar-refractivity contribution in [2.24, 2.45) is 5.73 Å². The van der Waals surface area contributed by atoms with Crippen molar-refractivity contribution >= 4 is 22.6 Å². The molecule has 3 aromatic rings. The number of nitrogen functional groups attached to an aromatic ring is 1. The molecule has 0 bridgehead atoms. The van der Waals surface area contributed by atoms with Crippen LogP contribution in [0.15, 0.2) is 60.7 Å². The molecular weight excluding hydrogens is 332 g/mol. The lowest BCUT2D eigenvalue weighted by Crippen LogP contribution is -2.17. The number of methoxy groups -OCH3 is 1. The average Bonchev–Trinajstić information content (AvgIpc) is 2.66. The summed E-state index contributed by atoms with van der Waals surface area (Å²) >= 11 is 0. The fourth-order valence-electron chi connectivity index (χ4n) is 2.49. The Morgan fingerprint density at radius 1 is 1.00 bits per heavy atom. The summed E-state index contributed by atoms with van der Waals surface area (Å²) in [5.74, 6) is 0.933. The van der Waals surface area contributed by atoms with Gasteiger partial charge in [0.05, 0.1) is 7.11 Å². The molecule has 132 valence electrons. The van der Waals surface area contributed by atoms with Crippen LogP contribution < -0.4 is 19.9 Å². The number of para-hydroxylation sites is 2. The highest BCUT2D eigenvalue weighted by molar-refractivity contribution is 5.99. The second kappa shape index (κ2) is 7.57. The topological polar surface area (TPSA) is 94.6 Å². The van der Waals surface area contributed by atoms with E-state index in [9.17, 15) is 4.79 Å². The Morgan fingerprint density at radius 3 is 2.42 bits per heavy atom. The van der Waals surface area contributed by atoms with Crippen molar-refractivity contribution in [1.29, 1.82) is 5.41 Å². The molecule has 0 aliphatic carbocycles. The number of amidine groups is 1. The maximum absolute atomic E-state index is 12.0. The van der Waals surface area contributed by atoms with Gasteiger partial charge >= 0.3 is 5.97 Å². The predicted molar refractivity (Wildman–Crippen MR) is 99.1 cm³/mol. The molecule has 26 heavy (non-hydrogen) atoms. The van der Waals surface area contributed by atoms with Gasteiger partial charge in [0.1, 0.15) is 11.6 Å². The Morgan fingerprint density at radius 2 is 1.69 bits per heavy atom. The van der Waals surface area contributed by atoms with Crippen LogP contribution in [-0.4, -0.2) is 25.5 Å². The van der Waals surface area contributed by atoms with Crippen LogP contribution >= 0.6 is 0 Å². The van der Waals surface area contributed by atoms with Gasteiger partial charge in [-0.15, -0.1) is 0 Å². The summed E-state index contributed by atoms with van der Waals surface area (Å²) in [6.07, 6.45) is 0. The number of rotatable bonds is 6. The summed E-state index contributed by atoms with van der Waals surface area (Å²) in [5, 5.41) is 9.26. The molecule has 0 spiro atoms. The summed E-state index contributed by atoms with van der Waals surface area (Å²) < 4.78 is 15.9. The van der Waals surface area contributed by atoms with Crippen molar-refractivity contribution in [2.75, 3.05) is 13.7 Å². The van der Waals surface area contributed by atoms with Crippen LogP contribution in [0, 0.1) is 5.41 Å². The lowest BCUT2D eigenvalue weighted by Gasteiger charge is -2.10. The number of esters is 1. The second-order valence-corrected chi connectivity index (χ2v) is 5.55. The lowest BCUT2D eigenvalue weighted by molar-refractivity contribution is -0.136. The Kier molecular flexibility index (Phi) is 5.03. The number of fused-ring (bicyclic) bond motifs is 1. The van der Waals surface area contributed by atoms with Crippen molar-refractivity contribution in [3.63, 3.8) is 0 Å². The number of nitrogens with one attached hydrogen (secondary N) is 1. The van der Waals surface area contributed by atoms with Gasteiger partial charge in [0, 0.05) is 5.56 Å². The summed E-state index contributed by atoms with van der Waals surface area (Å²) in [4.78, 5) is 12.0. The number of nitrogens with two attached hydrogens (primary N) is 1. The number of ether oxygens (including phenoxy) is 3. The highest BCUT2D eigenvalue weighted by atomic mass is 16.6. The molecule has 3 aromatic carbocycles. The van der Waals surface area contributed by atoms with Gasteiger partial charge in [0.2, 0.25) is 0 Å². The Bertz CT molecular complexity index is 969. The second-order valence-electron chi connectivity index (χ2n) is 5.55. The lowest BCUT2D eigenvalue weighted by atomic mass is 10.1. The molecule has 0 heterocycles. The van der Waals surface area contributed by atoms with E-state index >= 15 is 0 Å². The normalized spacial score (nSPS) is 10.3. The monoisotopic (exact) mass is 350 g/mol. The highest BCUT2D eigenvalue weighted by Crippen LogP contribution is 2.26. The zero-order valence-electron chi connectivity index (χ0n) is 14.2. The molecule has 0 amide bonds. The maximum atomic E-state index is 12.0. The van der Waals surface area contributed by atoms with E-state index in [0.29, 0.717) is 22.8 Å². The number of carbonyl (C=O) groups excluding carboxylic acids is 1. The molecule has 3 N–H and O–H groups in total. The zero-order valence-corrected chi connectivity index (χ0v) is 14.2. The van der Waals surface area contributed by atoms with Crippen LogP contribution in [-0.2, 0) is 4.79 Å². The predicted octanol–water partition coefficient (Wildman–Crippen LogP) is 3.12. The van der Waals surface area contributed by atoms with E-state index in [1.165, 1.54) is 7.11 Å². The van der Waals surface area contributed by atoms with E-state index in [-0.39, 0.29) is 12.4 Å². The van der Waals surface area contributed by atoms with Gasteiger partial charge < -0.3 is 19.9 Å². The number of hydrogen-bond donors (Lipinski definition) is 2. The Hall–Kier alpha value is -3.54. The maximum Gasteiger partial charge on any atom is 0.349 e. The third-order valence-electron chi connectivity index (χ3n) is 3.77. The molecule has 0 aliphatic rings. The van der Waals surface area contributed by atoms with Crippen molar-refractivity contribution < 1.29 is 19.0 Å². The van der Waals surface area contributed by atoms with Crippen LogP contribution in [0.5, 0.6) is 17.2 Å². The summed E-state index contributed by atoms with van der Waals surface area (Å²) in [5.41, 5.74) is 6.14. The van der Waals surface area contributed by atoms with E-state index in [2.05, 4.69) is 0 Å². The molecule has 6 nitrogen and oxygen atoms in total. The molecule has 0 fully saturated rings. The third kappa shape index (κ3) is 3.92. The minimum absolute atomic E-state index is 0.0101. The van der Waals surface area contributed by atoms with Gasteiger partial charge in [-0.05, 0) is 41.1 Å². The van der Waals surface area contributed by atoms with Gasteiger partial charge in [-0.3, -0.25) is 5.41 Å². The Labute approximate surface area is 150 Å². The molecule has 0 radical (unpaired) electrons. The van der Waals surface area contributed by atoms with E-state index in [1.807, 2.05) is 24.3 Å². The standard InChI is InChI=1S/C20H18N2O4/c1-24-17-4-2-3-5-18(17)25-12-19(23)26-16-9-8-13-10-15(20(21)22)7-6-14(13)11-16/h2-11H,12H2,1H3,(H3,21,22). The molecular formula is C20H18N2O4. The SMILES string of the molecule is COc1ccccc1OCC(=O)Oc1ccc2cc(C(=N)N)ccc2c1. The number of hydrogen-bond acceptors (Lipinski definition) is 5. The van der Waals surface area contributed by atoms with Gasteiger partial charge in [-0.25, -0.2) is 4.79 Å². The number of carbonyl (C=O) groups is 1. The highest BCUT2D eigenvalue weighted by Gasteiger charge is 2.10. The fraction of sp³-hybridized carbons (Fsp3) is 0.100. The van der Waals surface area contributed by atoms with Crippen LogP contribution in [0.4, 0.5) is 0 Å². The molecule has 3 rings (SSSR count). The van der Waals surface area contributed by atoms with Crippen molar-refractivity contribution in [2.45, 2.75) is 0 Å². The first kappa shape index (κ1) is 17.3. The summed E-state index contributed by atoms with van der Waals surface area (Å²) in [6, 6.07) is 17.7. The van der Waals surface area contributed by atoms with Gasteiger partial charge in [0.25, 0.3) is 0 Å². The van der Waals surface area contributed by atoms with Crippen molar-refractivity contribution in [3.05, 3.63) is 66.2 Å². The van der Waals surface area contributed by atoms with Gasteiger partial charge in [-0.1, -0.05) is 30.3 Å². The molecule has 0 aromatic heterocycles. The molecule has 0 unspecified atom stereocenters. The Balaban J connectivity index is 1.67. The van der Waals surface area contributed by atoms with E-state index in [0.717, 1.165) is 10.8 Å². The van der Waals surface area contributed by atoms with Crippen LogP contribution in [0.25, 0.3) is 10.8 Å².